The quantitative estimate of drug-likeness (QED) is 0.440. The van der Waals surface area contributed by atoms with Gasteiger partial charge in [-0.2, -0.15) is 11.3 Å². The number of halogens is 1. The number of thiophene rings is 1. The number of hydrogen-bond donors (Lipinski definition) is 0. The third-order valence-electron chi connectivity index (χ3n) is 3.16. The van der Waals surface area contributed by atoms with E-state index in [1.165, 1.54) is 23.9 Å². The Balaban J connectivity index is 1.42. The molecule has 0 saturated carbocycles. The maximum atomic E-state index is 12.9. The second-order valence-electron chi connectivity index (χ2n) is 4.82. The summed E-state index contributed by atoms with van der Waals surface area (Å²) >= 11 is 4.72. The van der Waals surface area contributed by atoms with Crippen molar-refractivity contribution in [3.63, 3.8) is 0 Å². The van der Waals surface area contributed by atoms with Crippen LogP contribution >= 0.6 is 34.4 Å². The molecule has 0 saturated heterocycles. The van der Waals surface area contributed by atoms with Crippen molar-refractivity contribution >= 4 is 34.4 Å². The van der Waals surface area contributed by atoms with Crippen molar-refractivity contribution in [2.45, 2.75) is 11.0 Å². The number of aromatic nitrogens is 3. The number of nitrogens with zero attached hydrogens (tertiary/aromatic N) is 3. The minimum absolute atomic E-state index is 0.294. The van der Waals surface area contributed by atoms with Crippen molar-refractivity contribution in [1.29, 1.82) is 0 Å². The third-order valence-corrected chi connectivity index (χ3v) is 5.64. The van der Waals surface area contributed by atoms with Gasteiger partial charge in [-0.05, 0) is 35.7 Å². The maximum absolute atomic E-state index is 12.9. The van der Waals surface area contributed by atoms with Crippen LogP contribution in [0.4, 0.5) is 4.39 Å². The molecule has 0 aliphatic carbocycles. The van der Waals surface area contributed by atoms with Crippen LogP contribution in [-0.2, 0) is 5.75 Å². The fourth-order valence-electron chi connectivity index (χ4n) is 2.00. The second kappa shape index (κ2) is 6.84. The maximum Gasteiger partial charge on any atom is 0.277 e. The first-order valence-electron chi connectivity index (χ1n) is 6.97. The molecule has 0 bridgehead atoms. The fraction of sp³-hybridized carbons (Fsp3) is 0.0625. The van der Waals surface area contributed by atoms with Crippen LogP contribution in [0.15, 0.2) is 56.1 Å². The van der Waals surface area contributed by atoms with E-state index in [-0.39, 0.29) is 5.82 Å². The summed E-state index contributed by atoms with van der Waals surface area (Å²) in [5.41, 5.74) is 2.83. The second-order valence-corrected chi connectivity index (χ2v) is 7.39. The Kier molecular flexibility index (Phi) is 4.42. The highest BCUT2D eigenvalue weighted by Gasteiger charge is 2.11. The monoisotopic (exact) mass is 375 g/mol. The summed E-state index contributed by atoms with van der Waals surface area (Å²) in [6, 6.07) is 8.03. The van der Waals surface area contributed by atoms with Crippen molar-refractivity contribution in [2.24, 2.45) is 0 Å². The van der Waals surface area contributed by atoms with E-state index in [1.807, 2.05) is 10.8 Å². The zero-order valence-electron chi connectivity index (χ0n) is 12.2. The molecule has 120 valence electrons. The number of rotatable bonds is 5. The lowest BCUT2D eigenvalue weighted by Crippen LogP contribution is -1.81. The highest BCUT2D eigenvalue weighted by atomic mass is 32.2. The van der Waals surface area contributed by atoms with Crippen molar-refractivity contribution in [3.05, 3.63) is 58.0 Å². The lowest BCUT2D eigenvalue weighted by Gasteiger charge is -1.94. The van der Waals surface area contributed by atoms with Crippen LogP contribution in [0.25, 0.3) is 22.0 Å². The Morgan fingerprint density at radius 3 is 2.71 bits per heavy atom. The van der Waals surface area contributed by atoms with Gasteiger partial charge in [0.25, 0.3) is 5.22 Å². The average Bonchev–Trinajstić information content (AvgIpc) is 3.34. The van der Waals surface area contributed by atoms with Crippen LogP contribution < -0.4 is 0 Å². The van der Waals surface area contributed by atoms with Gasteiger partial charge in [0.1, 0.15) is 10.8 Å². The molecule has 0 amide bonds. The topological polar surface area (TPSA) is 51.8 Å². The van der Waals surface area contributed by atoms with E-state index in [1.54, 1.807) is 34.8 Å². The molecule has 4 aromatic rings. The summed E-state index contributed by atoms with van der Waals surface area (Å²) in [5.74, 6) is 0.749. The molecular formula is C16H10FN3OS3. The van der Waals surface area contributed by atoms with Gasteiger partial charge >= 0.3 is 0 Å². The Bertz CT molecular complexity index is 932. The van der Waals surface area contributed by atoms with E-state index in [0.717, 1.165) is 16.3 Å². The molecule has 0 fully saturated rings. The number of benzene rings is 1. The zero-order chi connectivity index (χ0) is 16.4. The Hall–Kier alpha value is -2.03. The predicted octanol–water partition coefficient (Wildman–Crippen LogP) is 5.35. The first kappa shape index (κ1) is 15.5. The number of thiazole rings is 1. The van der Waals surface area contributed by atoms with Crippen molar-refractivity contribution in [1.82, 2.24) is 15.2 Å². The van der Waals surface area contributed by atoms with Crippen molar-refractivity contribution in [3.8, 4) is 22.0 Å². The lowest BCUT2D eigenvalue weighted by molar-refractivity contribution is 0.465. The fourth-order valence-corrected chi connectivity index (χ4v) is 4.30. The van der Waals surface area contributed by atoms with Gasteiger partial charge in [-0.25, -0.2) is 9.37 Å². The molecular weight excluding hydrogens is 365 g/mol. The van der Waals surface area contributed by atoms with Crippen LogP contribution in [0.3, 0.4) is 0 Å². The van der Waals surface area contributed by atoms with Crippen molar-refractivity contribution < 1.29 is 8.81 Å². The minimum atomic E-state index is -0.294. The van der Waals surface area contributed by atoms with Gasteiger partial charge in [-0.15, -0.1) is 21.5 Å². The molecule has 0 aliphatic rings. The van der Waals surface area contributed by atoms with Gasteiger partial charge in [-0.1, -0.05) is 11.8 Å². The first-order chi connectivity index (χ1) is 11.8. The van der Waals surface area contributed by atoms with E-state index in [4.69, 9.17) is 4.42 Å². The molecule has 0 spiro atoms. The van der Waals surface area contributed by atoms with Gasteiger partial charge in [0.05, 0.1) is 5.69 Å². The highest BCUT2D eigenvalue weighted by Crippen LogP contribution is 2.29. The van der Waals surface area contributed by atoms with Gasteiger partial charge in [0, 0.05) is 27.6 Å². The SMILES string of the molecule is Fc1ccc(-c2nnc(SCc3csc(-c4ccsc4)n3)o2)cc1. The first-order valence-corrected chi connectivity index (χ1v) is 9.78. The van der Waals surface area contributed by atoms with Crippen LogP contribution in [0.2, 0.25) is 0 Å². The van der Waals surface area contributed by atoms with Gasteiger partial charge in [0.2, 0.25) is 5.89 Å². The molecule has 8 heteroatoms. The molecule has 4 nitrogen and oxygen atoms in total. The number of hydrogen-bond acceptors (Lipinski definition) is 7. The van der Waals surface area contributed by atoms with E-state index < -0.39 is 0 Å². The summed E-state index contributed by atoms with van der Waals surface area (Å²) in [6.07, 6.45) is 0. The molecule has 0 unspecified atom stereocenters. The van der Waals surface area contributed by atoms with Crippen LogP contribution in [0, 0.1) is 5.82 Å². The number of thioether (sulfide) groups is 1. The molecule has 3 aromatic heterocycles. The minimum Gasteiger partial charge on any atom is -0.411 e. The highest BCUT2D eigenvalue weighted by molar-refractivity contribution is 7.98. The molecule has 0 N–H and O–H groups in total. The standard InChI is InChI=1S/C16H10FN3OS3/c17-12-3-1-10(2-4-12)14-19-20-16(21-14)24-9-13-8-23-15(18-13)11-5-6-22-7-11/h1-8H,9H2. The van der Waals surface area contributed by atoms with Crippen LogP contribution in [-0.4, -0.2) is 15.2 Å². The summed E-state index contributed by atoms with van der Waals surface area (Å²) in [4.78, 5) is 4.62. The predicted molar refractivity (Wildman–Crippen MR) is 94.7 cm³/mol. The zero-order valence-corrected chi connectivity index (χ0v) is 14.6. The normalized spacial score (nSPS) is 11.0. The molecule has 4 rings (SSSR count). The summed E-state index contributed by atoms with van der Waals surface area (Å²) in [6.45, 7) is 0. The van der Waals surface area contributed by atoms with E-state index in [9.17, 15) is 4.39 Å². The van der Waals surface area contributed by atoms with Crippen molar-refractivity contribution in [2.75, 3.05) is 0 Å². The molecule has 0 atom stereocenters. The smallest absolute Gasteiger partial charge is 0.277 e. The Morgan fingerprint density at radius 2 is 1.92 bits per heavy atom. The van der Waals surface area contributed by atoms with E-state index >= 15 is 0 Å². The summed E-state index contributed by atoms with van der Waals surface area (Å²) in [7, 11) is 0. The van der Waals surface area contributed by atoms with Crippen LogP contribution in [0.1, 0.15) is 5.69 Å². The lowest BCUT2D eigenvalue weighted by atomic mass is 10.2. The van der Waals surface area contributed by atoms with E-state index in [2.05, 4.69) is 26.6 Å². The molecule has 1 aromatic carbocycles. The summed E-state index contributed by atoms with van der Waals surface area (Å²) < 4.78 is 18.5. The molecule has 0 aliphatic heterocycles. The third kappa shape index (κ3) is 3.40. The Labute approximate surface area is 149 Å². The molecule has 24 heavy (non-hydrogen) atoms. The van der Waals surface area contributed by atoms with Crippen LogP contribution in [0.5, 0.6) is 0 Å². The van der Waals surface area contributed by atoms with Gasteiger partial charge < -0.3 is 4.42 Å². The summed E-state index contributed by atoms with van der Waals surface area (Å²) in [5, 5.41) is 15.7. The Morgan fingerprint density at radius 1 is 1.04 bits per heavy atom. The van der Waals surface area contributed by atoms with Gasteiger partial charge in [-0.3, -0.25) is 0 Å². The van der Waals surface area contributed by atoms with E-state index in [0.29, 0.717) is 22.4 Å². The largest absolute Gasteiger partial charge is 0.411 e. The molecule has 3 heterocycles. The van der Waals surface area contributed by atoms with Gasteiger partial charge in [0.15, 0.2) is 0 Å². The average molecular weight is 375 g/mol. The molecule has 0 radical (unpaired) electrons.